The van der Waals surface area contributed by atoms with Crippen molar-refractivity contribution < 1.29 is 24.0 Å². The van der Waals surface area contributed by atoms with Crippen LogP contribution < -0.4 is 16.0 Å². The number of aromatic nitrogens is 2. The number of hydrogen-bond acceptors (Lipinski definition) is 10. The number of nitrogens with one attached hydrogen (secondary N) is 3. The number of ether oxygens (including phenoxy) is 2. The molecule has 240 valence electrons. The Kier molecular flexibility index (Phi) is 10.9. The van der Waals surface area contributed by atoms with Gasteiger partial charge in [0.25, 0.3) is 0 Å². The van der Waals surface area contributed by atoms with Crippen molar-refractivity contribution in [1.29, 1.82) is 0 Å². The lowest BCUT2D eigenvalue weighted by molar-refractivity contribution is -0.384. The van der Waals surface area contributed by atoms with Gasteiger partial charge in [-0.2, -0.15) is 4.98 Å². The number of alkyl carbamates (subject to hydrolysis) is 1. The average Bonchev–Trinajstić information content (AvgIpc) is 2.99. The number of carbonyl (C=O) groups excluding carboxylic acids is 2. The molecule has 2 aromatic carbocycles. The van der Waals surface area contributed by atoms with Crippen LogP contribution >= 0.6 is 0 Å². The number of amides is 1. The van der Waals surface area contributed by atoms with Gasteiger partial charge < -0.3 is 25.4 Å². The Morgan fingerprint density at radius 2 is 1.80 bits per heavy atom. The van der Waals surface area contributed by atoms with Crippen LogP contribution in [-0.4, -0.2) is 51.7 Å². The number of nitrogens with zero attached hydrogens (tertiary/aromatic N) is 3. The Balaban J connectivity index is 1.38. The molecular weight excluding hydrogens is 576 g/mol. The van der Waals surface area contributed by atoms with E-state index in [0.717, 1.165) is 47.9 Å². The minimum atomic E-state index is -0.548. The van der Waals surface area contributed by atoms with Crippen molar-refractivity contribution in [1.82, 2.24) is 15.3 Å². The van der Waals surface area contributed by atoms with E-state index in [4.69, 9.17) is 9.47 Å². The third kappa shape index (κ3) is 9.37. The fourth-order valence-electron chi connectivity index (χ4n) is 5.34. The molecule has 1 aliphatic carbocycles. The number of rotatable bonds is 11. The molecule has 1 heterocycles. The first-order valence-corrected chi connectivity index (χ1v) is 15.3. The predicted molar refractivity (Wildman–Crippen MR) is 172 cm³/mol. The molecule has 12 nitrogen and oxygen atoms in total. The van der Waals surface area contributed by atoms with E-state index in [9.17, 15) is 19.7 Å². The first-order valence-electron chi connectivity index (χ1n) is 15.3. The summed E-state index contributed by atoms with van der Waals surface area (Å²) in [5.74, 6) is 0.341. The molecule has 0 radical (unpaired) electrons. The summed E-state index contributed by atoms with van der Waals surface area (Å²) in [5, 5.41) is 21.0. The van der Waals surface area contributed by atoms with Crippen LogP contribution in [0.2, 0.25) is 0 Å². The smallest absolute Gasteiger partial charge is 0.407 e. The molecule has 0 spiro atoms. The molecule has 3 aromatic rings. The van der Waals surface area contributed by atoms with Gasteiger partial charge >= 0.3 is 17.7 Å². The SMILES string of the molecule is CCOC(=O)c1cccc(-c2cccc(CNc3ncc([N+](=O)[O-])c(NCC4CCC(NC(=O)OC(C)(C)C)CC4)n3)c2C)c1. The summed E-state index contributed by atoms with van der Waals surface area (Å²) < 4.78 is 10.5. The molecule has 0 atom stereocenters. The first kappa shape index (κ1) is 33.2. The minimum absolute atomic E-state index is 0.0451. The van der Waals surface area contributed by atoms with Crippen molar-refractivity contribution in [2.75, 3.05) is 23.8 Å². The van der Waals surface area contributed by atoms with Crippen LogP contribution in [0.3, 0.4) is 0 Å². The van der Waals surface area contributed by atoms with Crippen molar-refractivity contribution in [2.24, 2.45) is 5.92 Å². The van der Waals surface area contributed by atoms with Crippen LogP contribution in [-0.2, 0) is 16.0 Å². The van der Waals surface area contributed by atoms with E-state index < -0.39 is 16.6 Å². The van der Waals surface area contributed by atoms with Gasteiger partial charge in [-0.15, -0.1) is 0 Å². The molecular formula is C33H42N6O6. The number of hydrogen-bond donors (Lipinski definition) is 3. The molecule has 45 heavy (non-hydrogen) atoms. The van der Waals surface area contributed by atoms with Crippen molar-refractivity contribution >= 4 is 29.5 Å². The Hall–Kier alpha value is -4.74. The minimum Gasteiger partial charge on any atom is -0.462 e. The maximum Gasteiger partial charge on any atom is 0.407 e. The number of nitro groups is 1. The Labute approximate surface area is 263 Å². The van der Waals surface area contributed by atoms with Gasteiger partial charge in [-0.05, 0) is 101 Å². The molecule has 1 saturated carbocycles. The van der Waals surface area contributed by atoms with E-state index in [-0.39, 0.29) is 35.4 Å². The third-order valence-electron chi connectivity index (χ3n) is 7.66. The molecule has 1 aliphatic rings. The number of esters is 1. The molecule has 4 rings (SSSR count). The molecule has 0 saturated heterocycles. The molecule has 0 aliphatic heterocycles. The molecule has 1 fully saturated rings. The summed E-state index contributed by atoms with van der Waals surface area (Å²) in [6, 6.07) is 13.3. The fourth-order valence-corrected chi connectivity index (χ4v) is 5.34. The number of carbonyl (C=O) groups is 2. The van der Waals surface area contributed by atoms with Gasteiger partial charge in [-0.1, -0.05) is 30.3 Å². The maximum absolute atomic E-state index is 12.2. The van der Waals surface area contributed by atoms with Crippen LogP contribution in [0.4, 0.5) is 22.2 Å². The van der Waals surface area contributed by atoms with Crippen LogP contribution in [0.25, 0.3) is 11.1 Å². The summed E-state index contributed by atoms with van der Waals surface area (Å²) >= 11 is 0. The molecule has 0 bridgehead atoms. The lowest BCUT2D eigenvalue weighted by atomic mass is 9.86. The van der Waals surface area contributed by atoms with Gasteiger partial charge in [0.2, 0.25) is 11.8 Å². The highest BCUT2D eigenvalue weighted by molar-refractivity contribution is 5.91. The average molecular weight is 619 g/mol. The quantitative estimate of drug-likeness (QED) is 0.121. The number of anilines is 2. The number of benzene rings is 2. The van der Waals surface area contributed by atoms with Crippen molar-refractivity contribution in [2.45, 2.75) is 78.5 Å². The summed E-state index contributed by atoms with van der Waals surface area (Å²) in [7, 11) is 0. The van der Waals surface area contributed by atoms with Gasteiger partial charge in [-0.3, -0.25) is 10.1 Å². The van der Waals surface area contributed by atoms with Crippen LogP contribution in [0.5, 0.6) is 0 Å². The van der Waals surface area contributed by atoms with Crippen LogP contribution in [0.1, 0.15) is 74.9 Å². The zero-order valence-corrected chi connectivity index (χ0v) is 26.5. The second-order valence-electron chi connectivity index (χ2n) is 12.2. The molecule has 1 aromatic heterocycles. The summed E-state index contributed by atoms with van der Waals surface area (Å²) in [5.41, 5.74) is 3.62. The zero-order valence-electron chi connectivity index (χ0n) is 26.5. The summed E-state index contributed by atoms with van der Waals surface area (Å²) in [6.07, 6.45) is 4.12. The predicted octanol–water partition coefficient (Wildman–Crippen LogP) is 6.64. The Morgan fingerprint density at radius 3 is 2.49 bits per heavy atom. The van der Waals surface area contributed by atoms with Crippen LogP contribution in [0, 0.1) is 23.0 Å². The van der Waals surface area contributed by atoms with E-state index in [1.54, 1.807) is 13.0 Å². The highest BCUT2D eigenvalue weighted by Crippen LogP contribution is 2.29. The molecule has 0 unspecified atom stereocenters. The van der Waals surface area contributed by atoms with Gasteiger partial charge in [0.15, 0.2) is 0 Å². The van der Waals surface area contributed by atoms with E-state index >= 15 is 0 Å². The monoisotopic (exact) mass is 618 g/mol. The standard InChI is InChI=1S/C33H42N6O6/c1-6-44-30(40)24-10-7-9-23(17-24)27-12-8-11-25(21(27)2)19-35-31-36-20-28(39(42)43)29(38-31)34-18-22-13-15-26(16-14-22)37-32(41)45-33(3,4)5/h7-12,17,20,22,26H,6,13-16,18-19H2,1-5H3,(H,37,41)(H2,34,35,36,38). The Bertz CT molecular complexity index is 1510. The summed E-state index contributed by atoms with van der Waals surface area (Å²) in [6.45, 7) is 10.5. The van der Waals surface area contributed by atoms with E-state index in [1.165, 1.54) is 6.20 Å². The van der Waals surface area contributed by atoms with Gasteiger partial charge in [0.1, 0.15) is 11.8 Å². The third-order valence-corrected chi connectivity index (χ3v) is 7.66. The Morgan fingerprint density at radius 1 is 1.07 bits per heavy atom. The second kappa shape index (κ2) is 14.8. The van der Waals surface area contributed by atoms with E-state index in [1.807, 2.05) is 64.1 Å². The second-order valence-corrected chi connectivity index (χ2v) is 12.2. The first-order chi connectivity index (χ1) is 21.4. The topological polar surface area (TPSA) is 158 Å². The molecule has 12 heteroatoms. The lowest BCUT2D eigenvalue weighted by Crippen LogP contribution is -2.41. The molecule has 1 amide bonds. The zero-order chi connectivity index (χ0) is 32.6. The summed E-state index contributed by atoms with van der Waals surface area (Å²) in [4.78, 5) is 44.2. The van der Waals surface area contributed by atoms with Crippen LogP contribution in [0.15, 0.2) is 48.7 Å². The highest BCUT2D eigenvalue weighted by Gasteiger charge is 2.26. The van der Waals surface area contributed by atoms with E-state index in [0.29, 0.717) is 25.3 Å². The van der Waals surface area contributed by atoms with Gasteiger partial charge in [0.05, 0.1) is 17.1 Å². The van der Waals surface area contributed by atoms with Crippen molar-refractivity contribution in [3.8, 4) is 11.1 Å². The van der Waals surface area contributed by atoms with Crippen molar-refractivity contribution in [3.63, 3.8) is 0 Å². The lowest BCUT2D eigenvalue weighted by Gasteiger charge is -2.30. The maximum atomic E-state index is 12.2. The highest BCUT2D eigenvalue weighted by atomic mass is 16.6. The fraction of sp³-hybridized carbons (Fsp3) is 0.455. The van der Waals surface area contributed by atoms with E-state index in [2.05, 4.69) is 25.9 Å². The molecule has 3 N–H and O–H groups in total. The normalized spacial score (nSPS) is 16.4. The van der Waals surface area contributed by atoms with Gasteiger partial charge in [0, 0.05) is 19.1 Å². The largest absolute Gasteiger partial charge is 0.462 e. The van der Waals surface area contributed by atoms with Gasteiger partial charge in [-0.25, -0.2) is 14.6 Å². The van der Waals surface area contributed by atoms with Crippen molar-refractivity contribution in [3.05, 3.63) is 75.5 Å².